The van der Waals surface area contributed by atoms with Gasteiger partial charge in [-0.1, -0.05) is 11.6 Å². The van der Waals surface area contributed by atoms with Gasteiger partial charge in [0.2, 0.25) is 5.13 Å². The lowest BCUT2D eigenvalue weighted by Crippen LogP contribution is -2.64. The molecule has 0 spiro atoms. The second-order valence-corrected chi connectivity index (χ2v) is 8.89. The largest absolute Gasteiger partial charge is 0.386 e. The molecule has 0 aliphatic carbocycles. The Kier molecular flexibility index (Phi) is 7.55. The molecule has 1 saturated heterocycles. The lowest BCUT2D eigenvalue weighted by atomic mass is 9.97. The summed E-state index contributed by atoms with van der Waals surface area (Å²) in [4.78, 5) is 3.81. The van der Waals surface area contributed by atoms with E-state index in [1.807, 2.05) is 0 Å². The molecule has 154 valence electrons. The molecule has 1 aliphatic rings. The Morgan fingerprint density at radius 2 is 2.14 bits per heavy atom. The lowest BCUT2D eigenvalue weighted by Gasteiger charge is -2.37. The summed E-state index contributed by atoms with van der Waals surface area (Å²) in [6.07, 6.45) is 3.08. The van der Waals surface area contributed by atoms with Crippen molar-refractivity contribution in [3.8, 4) is 0 Å². The number of β-amino-alcohol motifs (C(OH)–C–C–N with tert-alkyl or cyclic N) is 1. The quantitative estimate of drug-likeness (QED) is 0.332. The molecule has 1 atom stereocenters. The van der Waals surface area contributed by atoms with Crippen molar-refractivity contribution in [1.82, 2.24) is 20.0 Å². The van der Waals surface area contributed by atoms with Gasteiger partial charge in [-0.05, 0) is 31.5 Å². The maximum absolute atomic E-state index is 14.3. The number of nitrogens with one attached hydrogen (secondary N) is 4. The molecular formula is C16H22ClFN6O2S2. The van der Waals surface area contributed by atoms with Crippen molar-refractivity contribution < 1.29 is 13.7 Å². The van der Waals surface area contributed by atoms with Gasteiger partial charge in [-0.25, -0.2) is 13.6 Å². The van der Waals surface area contributed by atoms with Gasteiger partial charge in [-0.15, -0.1) is 0 Å². The molecule has 1 aromatic carbocycles. The Morgan fingerprint density at radius 3 is 2.82 bits per heavy atom. The topological polar surface area (TPSA) is 111 Å². The van der Waals surface area contributed by atoms with Gasteiger partial charge in [0, 0.05) is 37.7 Å². The minimum atomic E-state index is -1.82. The highest BCUT2D eigenvalue weighted by atomic mass is 35.5. The van der Waals surface area contributed by atoms with Gasteiger partial charge in [0.15, 0.2) is 11.0 Å². The van der Waals surface area contributed by atoms with Crippen LogP contribution in [0, 0.1) is 5.82 Å². The maximum atomic E-state index is 14.3. The molecule has 2 aromatic rings. The molecule has 28 heavy (non-hydrogen) atoms. The fourth-order valence-electron chi connectivity index (χ4n) is 2.62. The fraction of sp³-hybridized carbons (Fsp3) is 0.500. The summed E-state index contributed by atoms with van der Waals surface area (Å²) in [5, 5.41) is 19.9. The predicted octanol–water partition coefficient (Wildman–Crippen LogP) is 1.58. The average molecular weight is 449 g/mol. The summed E-state index contributed by atoms with van der Waals surface area (Å²) >= 11 is 7.23. The molecule has 5 N–H and O–H groups in total. The number of aliphatic hydroxyl groups is 1. The smallest absolute Gasteiger partial charge is 0.214 e. The van der Waals surface area contributed by atoms with Gasteiger partial charge in [-0.3, -0.25) is 4.72 Å². The van der Waals surface area contributed by atoms with E-state index >= 15 is 0 Å². The van der Waals surface area contributed by atoms with E-state index in [1.165, 1.54) is 18.5 Å². The van der Waals surface area contributed by atoms with Crippen molar-refractivity contribution in [1.29, 1.82) is 0 Å². The number of hydrogen-bond donors (Lipinski definition) is 5. The Hall–Kier alpha value is -1.37. The summed E-state index contributed by atoms with van der Waals surface area (Å²) in [5.41, 5.74) is -0.158. The van der Waals surface area contributed by atoms with Crippen molar-refractivity contribution in [2.45, 2.75) is 23.3 Å². The van der Waals surface area contributed by atoms with E-state index in [4.69, 9.17) is 11.6 Å². The first-order chi connectivity index (χ1) is 13.5. The minimum absolute atomic E-state index is 0.0432. The number of anilines is 2. The Labute approximate surface area is 174 Å². The summed E-state index contributed by atoms with van der Waals surface area (Å²) < 4.78 is 32.9. The van der Waals surface area contributed by atoms with Crippen molar-refractivity contribution in [2.24, 2.45) is 0 Å². The highest BCUT2D eigenvalue weighted by molar-refractivity contribution is 7.86. The third kappa shape index (κ3) is 5.82. The van der Waals surface area contributed by atoms with Gasteiger partial charge in [0.25, 0.3) is 0 Å². The van der Waals surface area contributed by atoms with Crippen molar-refractivity contribution in [3.63, 3.8) is 0 Å². The van der Waals surface area contributed by atoms with E-state index in [1.54, 1.807) is 0 Å². The Morgan fingerprint density at radius 1 is 1.36 bits per heavy atom. The van der Waals surface area contributed by atoms with Crippen molar-refractivity contribution in [3.05, 3.63) is 29.3 Å². The minimum Gasteiger partial charge on any atom is -0.386 e. The van der Waals surface area contributed by atoms with Crippen LogP contribution in [-0.2, 0) is 11.0 Å². The first-order valence-electron chi connectivity index (χ1n) is 8.79. The number of unbranched alkanes of at least 4 members (excludes halogenated alkanes) is 1. The number of benzene rings is 1. The first kappa shape index (κ1) is 21.3. The fourth-order valence-corrected chi connectivity index (χ4v) is 4.36. The van der Waals surface area contributed by atoms with E-state index in [-0.39, 0.29) is 4.90 Å². The summed E-state index contributed by atoms with van der Waals surface area (Å²) in [7, 11) is -1.82. The molecule has 0 radical (unpaired) electrons. The van der Waals surface area contributed by atoms with Crippen LogP contribution in [0.3, 0.4) is 0 Å². The van der Waals surface area contributed by atoms with Crippen LogP contribution in [0.1, 0.15) is 12.8 Å². The normalized spacial score (nSPS) is 16.4. The van der Waals surface area contributed by atoms with E-state index in [0.29, 0.717) is 42.0 Å². The van der Waals surface area contributed by atoms with E-state index < -0.39 is 22.4 Å². The summed E-state index contributed by atoms with van der Waals surface area (Å²) in [5.74, 6) is -0.619. The molecule has 2 heterocycles. The number of aromatic nitrogens is 2. The Bertz CT molecular complexity index is 807. The maximum Gasteiger partial charge on any atom is 0.214 e. The molecule has 0 amide bonds. The third-order valence-electron chi connectivity index (χ3n) is 4.22. The predicted molar refractivity (Wildman–Crippen MR) is 110 cm³/mol. The Balaban J connectivity index is 1.41. The molecule has 12 heteroatoms. The van der Waals surface area contributed by atoms with Crippen molar-refractivity contribution >= 4 is 44.9 Å². The van der Waals surface area contributed by atoms with Crippen LogP contribution in [0.4, 0.5) is 15.2 Å². The highest BCUT2D eigenvalue weighted by Gasteiger charge is 2.33. The van der Waals surface area contributed by atoms with Gasteiger partial charge in [-0.2, -0.15) is 4.37 Å². The standard InChI is InChI=1S/C16H22ClFN6O2S2/c17-11-5-14(28(26)24-15-22-10-23-27-15)12(18)6-13(11)21-4-2-1-3-19-7-16(25)8-20-9-16/h5-6,10,19-21,25H,1-4,7-9H2,(H,22,23,24). The van der Waals surface area contributed by atoms with Crippen LogP contribution in [0.25, 0.3) is 0 Å². The van der Waals surface area contributed by atoms with Gasteiger partial charge in [0.05, 0.1) is 15.6 Å². The number of rotatable bonds is 11. The SMILES string of the molecule is O=S(Nc1ncns1)c1cc(Cl)c(NCCCCNCC2(O)CNC2)cc1F. The zero-order valence-electron chi connectivity index (χ0n) is 15.0. The van der Waals surface area contributed by atoms with Crippen LogP contribution in [0.5, 0.6) is 0 Å². The summed E-state index contributed by atoms with van der Waals surface area (Å²) in [6, 6.07) is 2.59. The number of halogens is 2. The number of nitrogens with zero attached hydrogens (tertiary/aromatic N) is 2. The second-order valence-electron chi connectivity index (χ2n) is 6.52. The van der Waals surface area contributed by atoms with Gasteiger partial charge < -0.3 is 21.1 Å². The molecule has 0 bridgehead atoms. The molecule has 1 fully saturated rings. The third-order valence-corrected chi connectivity index (χ3v) is 6.33. The monoisotopic (exact) mass is 448 g/mol. The van der Waals surface area contributed by atoms with Crippen LogP contribution < -0.4 is 20.7 Å². The van der Waals surface area contributed by atoms with E-state index in [9.17, 15) is 13.7 Å². The first-order valence-corrected chi connectivity index (χ1v) is 11.1. The molecule has 1 aliphatic heterocycles. The van der Waals surface area contributed by atoms with Gasteiger partial charge >= 0.3 is 0 Å². The van der Waals surface area contributed by atoms with Gasteiger partial charge in [0.1, 0.15) is 17.7 Å². The van der Waals surface area contributed by atoms with Crippen LogP contribution in [0.15, 0.2) is 23.4 Å². The zero-order valence-corrected chi connectivity index (χ0v) is 17.4. The average Bonchev–Trinajstić information content (AvgIpc) is 3.14. The van der Waals surface area contributed by atoms with Crippen LogP contribution in [0.2, 0.25) is 5.02 Å². The molecule has 3 rings (SSSR count). The highest BCUT2D eigenvalue weighted by Crippen LogP contribution is 2.28. The van der Waals surface area contributed by atoms with Crippen LogP contribution >= 0.6 is 23.1 Å². The number of hydrogen-bond acceptors (Lipinski definition) is 8. The molecule has 0 saturated carbocycles. The molecule has 8 nitrogen and oxygen atoms in total. The summed E-state index contributed by atoms with van der Waals surface area (Å²) in [6.45, 7) is 3.25. The van der Waals surface area contributed by atoms with E-state index in [2.05, 4.69) is 30.0 Å². The van der Waals surface area contributed by atoms with Crippen LogP contribution in [-0.4, -0.2) is 57.0 Å². The second kappa shape index (κ2) is 9.90. The van der Waals surface area contributed by atoms with E-state index in [0.717, 1.165) is 30.9 Å². The molecular weight excluding hydrogens is 427 g/mol. The zero-order chi connectivity index (χ0) is 20.0. The lowest BCUT2D eigenvalue weighted by molar-refractivity contribution is -0.00821. The molecule has 1 unspecified atom stereocenters. The molecule has 1 aromatic heterocycles. The van der Waals surface area contributed by atoms with Crippen molar-refractivity contribution in [2.75, 3.05) is 42.8 Å².